The quantitative estimate of drug-likeness (QED) is 0.897. The monoisotopic (exact) mass is 354 g/mol. The molecule has 25 heavy (non-hydrogen) atoms. The maximum absolute atomic E-state index is 12.8. The van der Waals surface area contributed by atoms with Crippen LogP contribution in [0.2, 0.25) is 0 Å². The van der Waals surface area contributed by atoms with Crippen LogP contribution in [0.3, 0.4) is 0 Å². The molecular formula is C19H15ClN2O3. The lowest BCUT2D eigenvalue weighted by atomic mass is 9.96. The number of hydrogen-bond donors (Lipinski definition) is 1. The largest absolute Gasteiger partial charge is 0.478 e. The molecule has 2 aromatic rings. The zero-order valence-corrected chi connectivity index (χ0v) is 14.1. The summed E-state index contributed by atoms with van der Waals surface area (Å²) < 4.78 is 0. The number of rotatable bonds is 2. The number of hydrogen-bond acceptors (Lipinski definition) is 3. The van der Waals surface area contributed by atoms with Crippen molar-refractivity contribution in [2.24, 2.45) is 0 Å². The molecule has 0 aromatic heterocycles. The second kappa shape index (κ2) is 5.63. The van der Waals surface area contributed by atoms with Crippen molar-refractivity contribution in [2.75, 3.05) is 16.8 Å². The third-order valence-electron chi connectivity index (χ3n) is 4.82. The van der Waals surface area contributed by atoms with Crippen LogP contribution in [0.4, 0.5) is 11.4 Å². The van der Waals surface area contributed by atoms with E-state index in [1.54, 1.807) is 23.1 Å². The molecule has 0 bridgehead atoms. The lowest BCUT2D eigenvalue weighted by Gasteiger charge is -2.37. The Balaban J connectivity index is 1.85. The molecule has 0 fully saturated rings. The number of nitrogens with zero attached hydrogens (tertiary/aromatic N) is 2. The van der Waals surface area contributed by atoms with Crippen LogP contribution < -0.4 is 9.80 Å². The molecule has 0 saturated carbocycles. The third kappa shape index (κ3) is 2.31. The number of fused-ring (bicyclic) bond motifs is 3. The van der Waals surface area contributed by atoms with Crippen LogP contribution >= 0.6 is 11.6 Å². The first-order valence-electron chi connectivity index (χ1n) is 7.85. The van der Waals surface area contributed by atoms with Gasteiger partial charge in [-0.2, -0.15) is 0 Å². The molecule has 2 heterocycles. The van der Waals surface area contributed by atoms with Gasteiger partial charge in [-0.05, 0) is 36.4 Å². The van der Waals surface area contributed by atoms with Crippen LogP contribution in [-0.2, 0) is 4.79 Å². The van der Waals surface area contributed by atoms with Gasteiger partial charge >= 0.3 is 5.97 Å². The van der Waals surface area contributed by atoms with Gasteiger partial charge in [0.15, 0.2) is 0 Å². The van der Waals surface area contributed by atoms with Gasteiger partial charge in [0.2, 0.25) is 0 Å². The van der Waals surface area contributed by atoms with Crippen LogP contribution in [0, 0.1) is 0 Å². The van der Waals surface area contributed by atoms with Crippen LogP contribution in [0.1, 0.15) is 22.0 Å². The normalized spacial score (nSPS) is 21.7. The van der Waals surface area contributed by atoms with Crippen molar-refractivity contribution in [1.82, 2.24) is 0 Å². The van der Waals surface area contributed by atoms with E-state index in [0.29, 0.717) is 5.69 Å². The third-order valence-corrected chi connectivity index (χ3v) is 5.10. The Hall–Kier alpha value is -2.79. The topological polar surface area (TPSA) is 60.9 Å². The lowest BCUT2D eigenvalue weighted by molar-refractivity contribution is -0.115. The summed E-state index contributed by atoms with van der Waals surface area (Å²) in [6, 6.07) is 14.0. The van der Waals surface area contributed by atoms with Gasteiger partial charge in [0.25, 0.3) is 5.91 Å². The average molecular weight is 355 g/mol. The van der Waals surface area contributed by atoms with E-state index < -0.39 is 5.97 Å². The van der Waals surface area contributed by atoms with Crippen molar-refractivity contribution in [3.63, 3.8) is 0 Å². The molecular weight excluding hydrogens is 340 g/mol. The minimum Gasteiger partial charge on any atom is -0.478 e. The van der Waals surface area contributed by atoms with Crippen LogP contribution in [0.15, 0.2) is 59.6 Å². The van der Waals surface area contributed by atoms with Gasteiger partial charge in [-0.25, -0.2) is 4.79 Å². The van der Waals surface area contributed by atoms with Crippen LogP contribution in [0.5, 0.6) is 0 Å². The number of halogens is 1. The summed E-state index contributed by atoms with van der Waals surface area (Å²) >= 11 is 6.22. The highest BCUT2D eigenvalue weighted by molar-refractivity contribution is 6.44. The Morgan fingerprint density at radius 2 is 1.80 bits per heavy atom. The Morgan fingerprint density at radius 1 is 1.12 bits per heavy atom. The highest BCUT2D eigenvalue weighted by Crippen LogP contribution is 2.47. The second-order valence-corrected chi connectivity index (χ2v) is 6.55. The number of carbonyl (C=O) groups is 2. The molecule has 2 unspecified atom stereocenters. The fraction of sp³-hybridized carbons (Fsp3) is 0.158. The number of carboxylic acid groups (broad SMARTS) is 1. The first-order chi connectivity index (χ1) is 12.0. The van der Waals surface area contributed by atoms with Gasteiger partial charge in [0.05, 0.1) is 17.6 Å². The predicted molar refractivity (Wildman–Crippen MR) is 96.2 cm³/mol. The maximum Gasteiger partial charge on any atom is 0.335 e. The minimum absolute atomic E-state index is 0.0678. The van der Waals surface area contributed by atoms with Crippen molar-refractivity contribution in [3.8, 4) is 0 Å². The molecule has 2 atom stereocenters. The Morgan fingerprint density at radius 3 is 2.48 bits per heavy atom. The standard InChI is InChI=1S/C19H15ClN2O3/c1-21-15-5-3-2-4-13(15)17-16(21)10-14(20)18(23)22(17)12-8-6-11(7-9-12)19(24)25/h2-10,16-17H,1H3,(H,24,25). The molecule has 126 valence electrons. The molecule has 1 N–H and O–H groups in total. The van der Waals surface area contributed by atoms with Gasteiger partial charge < -0.3 is 10.0 Å². The molecule has 2 aliphatic rings. The number of likely N-dealkylation sites (N-methyl/N-ethyl adjacent to an activating group) is 1. The highest BCUT2D eigenvalue weighted by atomic mass is 35.5. The summed E-state index contributed by atoms with van der Waals surface area (Å²) in [5.74, 6) is -1.28. The second-order valence-electron chi connectivity index (χ2n) is 6.15. The van der Waals surface area contributed by atoms with Gasteiger partial charge in [-0.15, -0.1) is 0 Å². The summed E-state index contributed by atoms with van der Waals surface area (Å²) in [5.41, 5.74) is 2.91. The first-order valence-corrected chi connectivity index (χ1v) is 8.23. The number of benzene rings is 2. The number of carboxylic acids is 1. The molecule has 0 radical (unpaired) electrons. The van der Waals surface area contributed by atoms with Crippen molar-refractivity contribution < 1.29 is 14.7 Å². The van der Waals surface area contributed by atoms with Crippen LogP contribution in [0.25, 0.3) is 0 Å². The molecule has 2 aromatic carbocycles. The van der Waals surface area contributed by atoms with Crippen molar-refractivity contribution in [1.29, 1.82) is 0 Å². The minimum atomic E-state index is -1.00. The zero-order chi connectivity index (χ0) is 17.7. The van der Waals surface area contributed by atoms with Crippen molar-refractivity contribution >= 4 is 34.9 Å². The fourth-order valence-electron chi connectivity index (χ4n) is 3.62. The van der Waals surface area contributed by atoms with Gasteiger partial charge in [0, 0.05) is 24.0 Å². The van der Waals surface area contributed by atoms with E-state index in [1.807, 2.05) is 31.3 Å². The molecule has 5 nitrogen and oxygen atoms in total. The Bertz CT molecular complexity index is 907. The molecule has 4 rings (SSSR count). The van der Waals surface area contributed by atoms with E-state index in [2.05, 4.69) is 4.90 Å². The van der Waals surface area contributed by atoms with Gasteiger partial charge in [0.1, 0.15) is 5.03 Å². The number of para-hydroxylation sites is 1. The van der Waals surface area contributed by atoms with E-state index in [-0.39, 0.29) is 28.6 Å². The molecule has 0 spiro atoms. The van der Waals surface area contributed by atoms with Crippen molar-refractivity contribution in [3.05, 3.63) is 70.8 Å². The Kier molecular flexibility index (Phi) is 3.54. The van der Waals surface area contributed by atoms with Gasteiger partial charge in [-0.3, -0.25) is 9.69 Å². The fourth-order valence-corrected chi connectivity index (χ4v) is 3.84. The van der Waals surface area contributed by atoms with Crippen molar-refractivity contribution in [2.45, 2.75) is 12.1 Å². The first kappa shape index (κ1) is 15.7. The molecule has 1 amide bonds. The van der Waals surface area contributed by atoms with Gasteiger partial charge in [-0.1, -0.05) is 29.8 Å². The SMILES string of the molecule is CN1c2ccccc2C2C1C=C(Cl)C(=O)N2c1ccc(C(=O)O)cc1. The predicted octanol–water partition coefficient (Wildman–Crippen LogP) is 3.41. The highest BCUT2D eigenvalue weighted by Gasteiger charge is 2.45. The smallest absolute Gasteiger partial charge is 0.335 e. The summed E-state index contributed by atoms with van der Waals surface area (Å²) in [6.45, 7) is 0. The Labute approximate surface area is 149 Å². The van der Waals surface area contributed by atoms with E-state index >= 15 is 0 Å². The molecule has 2 aliphatic heterocycles. The van der Waals surface area contributed by atoms with E-state index in [4.69, 9.17) is 16.7 Å². The summed E-state index contributed by atoms with van der Waals surface area (Å²) in [6.07, 6.45) is 1.79. The number of carbonyl (C=O) groups excluding carboxylic acids is 1. The van der Waals surface area contributed by atoms with E-state index in [1.165, 1.54) is 12.1 Å². The zero-order valence-electron chi connectivity index (χ0n) is 13.4. The summed E-state index contributed by atoms with van der Waals surface area (Å²) in [5, 5.41) is 9.25. The molecule has 0 saturated heterocycles. The van der Waals surface area contributed by atoms with Crippen LogP contribution in [-0.4, -0.2) is 30.1 Å². The molecule has 0 aliphatic carbocycles. The average Bonchev–Trinajstić information content (AvgIpc) is 2.89. The van der Waals surface area contributed by atoms with E-state index in [0.717, 1.165) is 11.3 Å². The van der Waals surface area contributed by atoms with E-state index in [9.17, 15) is 9.59 Å². The lowest BCUT2D eigenvalue weighted by Crippen LogP contribution is -2.46. The summed E-state index contributed by atoms with van der Waals surface area (Å²) in [4.78, 5) is 27.6. The molecule has 6 heteroatoms. The maximum atomic E-state index is 12.8. The number of aromatic carboxylic acids is 1. The number of anilines is 2. The number of amides is 1. The summed E-state index contributed by atoms with van der Waals surface area (Å²) in [7, 11) is 1.98.